The second-order valence-corrected chi connectivity index (χ2v) is 16.6. The van der Waals surface area contributed by atoms with Gasteiger partial charge >= 0.3 is 0 Å². The highest BCUT2D eigenvalue weighted by atomic mass is 16.5. The van der Waals surface area contributed by atoms with Gasteiger partial charge < -0.3 is 18.9 Å². The first-order chi connectivity index (χ1) is 28.7. The predicted molar refractivity (Wildman–Crippen MR) is 248 cm³/mol. The molecule has 58 heavy (non-hydrogen) atoms. The van der Waals surface area contributed by atoms with Gasteiger partial charge in [-0.15, -0.1) is 0 Å². The van der Waals surface area contributed by atoms with E-state index < -0.39 is 0 Å². The Labute approximate surface area is 351 Å². The fourth-order valence-corrected chi connectivity index (χ4v) is 8.04. The highest BCUT2D eigenvalue weighted by molar-refractivity contribution is 6.25. The lowest BCUT2D eigenvalue weighted by Gasteiger charge is -2.19. The first-order valence-electron chi connectivity index (χ1n) is 23.8. The largest absolute Gasteiger partial charge is 0.490 e. The van der Waals surface area contributed by atoms with Gasteiger partial charge in [-0.25, -0.2) is 9.97 Å². The summed E-state index contributed by atoms with van der Waals surface area (Å²) >= 11 is 0. The Morgan fingerprint density at radius 3 is 0.879 bits per heavy atom. The van der Waals surface area contributed by atoms with E-state index in [1.165, 1.54) is 128 Å². The minimum absolute atomic E-state index is 0.668. The van der Waals surface area contributed by atoms with Crippen LogP contribution in [0.5, 0.6) is 23.0 Å². The summed E-state index contributed by atoms with van der Waals surface area (Å²) in [5.74, 6) is 3.20. The van der Waals surface area contributed by atoms with Crippen molar-refractivity contribution in [2.24, 2.45) is 0 Å². The van der Waals surface area contributed by atoms with Crippen molar-refractivity contribution in [1.29, 1.82) is 0 Å². The number of ether oxygens (including phenoxy) is 4. The van der Waals surface area contributed by atoms with Crippen molar-refractivity contribution >= 4 is 43.6 Å². The van der Waals surface area contributed by atoms with Crippen molar-refractivity contribution in [1.82, 2.24) is 9.97 Å². The minimum atomic E-state index is 0.668. The number of aromatic nitrogens is 2. The molecule has 0 saturated carbocycles. The average Bonchev–Trinajstić information content (AvgIpc) is 3.24. The van der Waals surface area contributed by atoms with Crippen LogP contribution >= 0.6 is 0 Å². The molecule has 6 nitrogen and oxygen atoms in total. The van der Waals surface area contributed by atoms with E-state index in [0.29, 0.717) is 26.4 Å². The molecule has 0 radical (unpaired) electrons. The molecule has 5 aromatic rings. The summed E-state index contributed by atoms with van der Waals surface area (Å²) in [6, 6.07) is 16.9. The molecule has 0 amide bonds. The number of benzene rings is 4. The molecule has 318 valence electrons. The lowest BCUT2D eigenvalue weighted by Crippen LogP contribution is -2.04. The van der Waals surface area contributed by atoms with Crippen LogP contribution < -0.4 is 18.9 Å². The van der Waals surface area contributed by atoms with Crippen molar-refractivity contribution < 1.29 is 18.9 Å². The fraction of sp³-hybridized carbons (Fsp3) is 0.615. The van der Waals surface area contributed by atoms with Gasteiger partial charge in [-0.05, 0) is 72.9 Å². The third-order valence-electron chi connectivity index (χ3n) is 11.6. The molecule has 5 rings (SSSR count). The van der Waals surface area contributed by atoms with Crippen molar-refractivity contribution in [3.8, 4) is 23.0 Å². The van der Waals surface area contributed by atoms with Gasteiger partial charge in [0.25, 0.3) is 0 Å². The summed E-state index contributed by atoms with van der Waals surface area (Å²) in [5.41, 5.74) is 3.51. The fourth-order valence-electron chi connectivity index (χ4n) is 8.04. The van der Waals surface area contributed by atoms with Gasteiger partial charge in [0.15, 0.2) is 23.0 Å². The minimum Gasteiger partial charge on any atom is -0.490 e. The molecule has 0 aliphatic heterocycles. The molecule has 0 unspecified atom stereocenters. The summed E-state index contributed by atoms with van der Waals surface area (Å²) in [6.07, 6.45) is 29.3. The van der Waals surface area contributed by atoms with Crippen LogP contribution in [0, 0.1) is 0 Å². The smallest absolute Gasteiger partial charge is 0.161 e. The zero-order valence-electron chi connectivity index (χ0n) is 36.9. The van der Waals surface area contributed by atoms with E-state index in [1.807, 2.05) is 12.1 Å². The lowest BCUT2D eigenvalue weighted by atomic mass is 9.97. The Morgan fingerprint density at radius 2 is 0.586 bits per heavy atom. The van der Waals surface area contributed by atoms with Gasteiger partial charge in [0.1, 0.15) is 0 Å². The Kier molecular flexibility index (Phi) is 20.6. The van der Waals surface area contributed by atoms with Crippen LogP contribution in [0.3, 0.4) is 0 Å². The molecule has 0 atom stereocenters. The van der Waals surface area contributed by atoms with Gasteiger partial charge in [0, 0.05) is 10.8 Å². The van der Waals surface area contributed by atoms with E-state index in [2.05, 4.69) is 64.1 Å². The highest BCUT2D eigenvalue weighted by Gasteiger charge is 2.20. The first kappa shape index (κ1) is 45.3. The van der Waals surface area contributed by atoms with Crippen LogP contribution in [0.4, 0.5) is 0 Å². The SMILES string of the molecule is CCCCCCCCOc1cc2c3cc(OCCCCCCCC)c(OCCCCCCCC)cc3c3nc4ccccc4nc3c2cc1OCCCCCCCC. The summed E-state index contributed by atoms with van der Waals surface area (Å²) in [5, 5.41) is 4.19. The van der Waals surface area contributed by atoms with E-state index >= 15 is 0 Å². The third kappa shape index (κ3) is 13.9. The Bertz CT molecular complexity index is 1790. The Morgan fingerprint density at radius 1 is 0.328 bits per heavy atom. The number of hydrogen-bond acceptors (Lipinski definition) is 6. The van der Waals surface area contributed by atoms with E-state index in [9.17, 15) is 0 Å². The first-order valence-corrected chi connectivity index (χ1v) is 23.8. The molecule has 0 aliphatic carbocycles. The quantitative estimate of drug-likeness (QED) is 0.0245. The van der Waals surface area contributed by atoms with E-state index in [0.717, 1.165) is 92.3 Å². The Balaban J connectivity index is 1.55. The standard InChI is InChI=1S/C52H76N2O4/c1-5-9-13-17-21-27-33-55-47-37-41-42-38-48(56-34-28-22-18-14-10-6-2)50(58-36-30-24-20-16-12-8-4)40-44(42)52-51(53-45-31-25-26-32-46(45)54-52)43(41)39-49(47)57-35-29-23-19-15-11-7-3/h25-26,31-32,37-40H,5-24,27-30,33-36H2,1-4H3. The number of nitrogens with zero attached hydrogens (tertiary/aromatic N) is 2. The molecule has 6 heteroatoms. The zero-order valence-corrected chi connectivity index (χ0v) is 36.9. The van der Waals surface area contributed by atoms with Gasteiger partial charge in [0.2, 0.25) is 0 Å². The topological polar surface area (TPSA) is 62.7 Å². The summed E-state index contributed by atoms with van der Waals surface area (Å²) < 4.78 is 26.5. The molecule has 1 aromatic heterocycles. The summed E-state index contributed by atoms with van der Waals surface area (Å²) in [4.78, 5) is 10.6. The molecule has 0 fully saturated rings. The Hall–Kier alpha value is -3.80. The number of para-hydroxylation sites is 2. The van der Waals surface area contributed by atoms with Crippen molar-refractivity contribution in [2.45, 2.75) is 182 Å². The van der Waals surface area contributed by atoms with Gasteiger partial charge in [-0.3, -0.25) is 0 Å². The second-order valence-electron chi connectivity index (χ2n) is 16.6. The van der Waals surface area contributed by atoms with Crippen molar-refractivity contribution in [3.63, 3.8) is 0 Å². The van der Waals surface area contributed by atoms with Crippen molar-refractivity contribution in [2.75, 3.05) is 26.4 Å². The van der Waals surface area contributed by atoms with Crippen LogP contribution in [-0.2, 0) is 0 Å². The normalized spacial score (nSPS) is 11.7. The van der Waals surface area contributed by atoms with Crippen LogP contribution in [0.2, 0.25) is 0 Å². The summed E-state index contributed by atoms with van der Waals surface area (Å²) in [6.45, 7) is 11.8. The summed E-state index contributed by atoms with van der Waals surface area (Å²) in [7, 11) is 0. The second kappa shape index (κ2) is 26.3. The van der Waals surface area contributed by atoms with Gasteiger partial charge in [-0.2, -0.15) is 0 Å². The van der Waals surface area contributed by atoms with Crippen molar-refractivity contribution in [3.05, 3.63) is 48.5 Å². The van der Waals surface area contributed by atoms with E-state index in [4.69, 9.17) is 28.9 Å². The lowest BCUT2D eigenvalue weighted by molar-refractivity contribution is 0.259. The molecule has 1 heterocycles. The van der Waals surface area contributed by atoms with E-state index in [-0.39, 0.29) is 0 Å². The van der Waals surface area contributed by atoms with Crippen LogP contribution in [0.15, 0.2) is 48.5 Å². The van der Waals surface area contributed by atoms with Crippen LogP contribution in [0.25, 0.3) is 43.6 Å². The third-order valence-corrected chi connectivity index (χ3v) is 11.6. The molecule has 0 N–H and O–H groups in total. The van der Waals surface area contributed by atoms with Gasteiger partial charge in [-0.1, -0.05) is 168 Å². The molecule has 0 spiro atoms. The monoisotopic (exact) mass is 793 g/mol. The molecular formula is C52H76N2O4. The molecule has 0 saturated heterocycles. The highest BCUT2D eigenvalue weighted by Crippen LogP contribution is 2.44. The average molecular weight is 793 g/mol. The number of hydrogen-bond donors (Lipinski definition) is 0. The van der Waals surface area contributed by atoms with E-state index in [1.54, 1.807) is 0 Å². The number of unbranched alkanes of at least 4 members (excludes halogenated alkanes) is 20. The maximum atomic E-state index is 6.65. The zero-order chi connectivity index (χ0) is 40.6. The predicted octanol–water partition coefficient (Wildman–Crippen LogP) is 16.0. The number of fused-ring (bicyclic) bond motifs is 7. The molecule has 4 aromatic carbocycles. The molecule has 0 aliphatic rings. The molecule has 0 bridgehead atoms. The molecular weight excluding hydrogens is 717 g/mol. The van der Waals surface area contributed by atoms with Gasteiger partial charge in [0.05, 0.1) is 48.5 Å². The van der Waals surface area contributed by atoms with Crippen LogP contribution in [0.1, 0.15) is 182 Å². The maximum Gasteiger partial charge on any atom is 0.161 e. The number of rotatable bonds is 32. The van der Waals surface area contributed by atoms with Crippen LogP contribution in [-0.4, -0.2) is 36.4 Å². The maximum absolute atomic E-state index is 6.65.